The Hall–Kier alpha value is -1.93. The summed E-state index contributed by atoms with van der Waals surface area (Å²) in [6, 6.07) is -0.471. The van der Waals surface area contributed by atoms with Crippen LogP contribution in [0.25, 0.3) is 0 Å². The molecule has 1 aromatic heterocycles. The number of carbonyl (C=O) groups is 3. The number of nitrogens with one attached hydrogen (secondary N) is 2. The fourth-order valence-corrected chi connectivity index (χ4v) is 3.77. The first-order chi connectivity index (χ1) is 11.0. The highest BCUT2D eigenvalue weighted by molar-refractivity contribution is 7.17. The lowest BCUT2D eigenvalue weighted by molar-refractivity contribution is -0.136. The van der Waals surface area contributed by atoms with Gasteiger partial charge in [-0.3, -0.25) is 9.59 Å². The van der Waals surface area contributed by atoms with Crippen molar-refractivity contribution in [3.63, 3.8) is 0 Å². The molecule has 0 fully saturated rings. The van der Waals surface area contributed by atoms with E-state index >= 15 is 0 Å². The van der Waals surface area contributed by atoms with Crippen molar-refractivity contribution >= 4 is 34.1 Å². The van der Waals surface area contributed by atoms with Gasteiger partial charge in [0.05, 0.1) is 25.3 Å². The zero-order valence-electron chi connectivity index (χ0n) is 13.1. The van der Waals surface area contributed by atoms with Crippen molar-refractivity contribution in [2.24, 2.45) is 0 Å². The molecule has 0 bridgehead atoms. The lowest BCUT2D eigenvalue weighted by atomic mass is 10.1. The average Bonchev–Trinajstić information content (AvgIpc) is 3.11. The first kappa shape index (κ1) is 17.4. The van der Waals surface area contributed by atoms with Gasteiger partial charge in [0.15, 0.2) is 0 Å². The average molecular weight is 340 g/mol. The molecule has 0 radical (unpaired) electrons. The van der Waals surface area contributed by atoms with Crippen molar-refractivity contribution < 1.29 is 24.2 Å². The molecular formula is C15H20N2O5S. The van der Waals surface area contributed by atoms with Crippen molar-refractivity contribution in [3.05, 3.63) is 16.0 Å². The van der Waals surface area contributed by atoms with Gasteiger partial charge in [0.1, 0.15) is 5.00 Å². The summed E-state index contributed by atoms with van der Waals surface area (Å²) in [6.07, 6.45) is 3.10. The Bertz CT molecular complexity index is 622. The van der Waals surface area contributed by atoms with Gasteiger partial charge in [-0.25, -0.2) is 4.79 Å². The standard InChI is InChI=1S/C15H20N2O5S/c1-3-8(7-18)16-12(19)13(20)17-14-11(15(21)22-2)9-5-4-6-10(9)23-14/h8,18H,3-7H2,1-2H3,(H,16,19)(H,17,20). The number of hydrogen-bond acceptors (Lipinski definition) is 6. The Kier molecular flexibility index (Phi) is 5.73. The molecule has 23 heavy (non-hydrogen) atoms. The van der Waals surface area contributed by atoms with Crippen LogP contribution in [0.4, 0.5) is 5.00 Å². The molecule has 0 saturated heterocycles. The van der Waals surface area contributed by atoms with Crippen LogP contribution in [-0.4, -0.2) is 42.6 Å². The Morgan fingerprint density at radius 1 is 1.30 bits per heavy atom. The van der Waals surface area contributed by atoms with Crippen LogP contribution >= 0.6 is 11.3 Å². The molecule has 8 heteroatoms. The third-order valence-electron chi connectivity index (χ3n) is 3.79. The maximum Gasteiger partial charge on any atom is 0.341 e. The third kappa shape index (κ3) is 3.70. The fraction of sp³-hybridized carbons (Fsp3) is 0.533. The molecule has 1 aliphatic rings. The molecule has 1 atom stereocenters. The van der Waals surface area contributed by atoms with Gasteiger partial charge in [0.2, 0.25) is 0 Å². The fourth-order valence-electron chi connectivity index (χ4n) is 2.50. The van der Waals surface area contributed by atoms with E-state index in [1.165, 1.54) is 18.4 Å². The van der Waals surface area contributed by atoms with Gasteiger partial charge in [0, 0.05) is 4.88 Å². The second-order valence-electron chi connectivity index (χ2n) is 5.27. The maximum atomic E-state index is 12.0. The Morgan fingerprint density at radius 3 is 2.65 bits per heavy atom. The monoisotopic (exact) mass is 340 g/mol. The number of hydrogen-bond donors (Lipinski definition) is 3. The molecule has 2 rings (SSSR count). The van der Waals surface area contributed by atoms with E-state index in [0.717, 1.165) is 29.7 Å². The minimum Gasteiger partial charge on any atom is -0.465 e. The van der Waals surface area contributed by atoms with Crippen LogP contribution < -0.4 is 10.6 Å². The lowest BCUT2D eigenvalue weighted by Gasteiger charge is -2.13. The number of fused-ring (bicyclic) bond motifs is 1. The summed E-state index contributed by atoms with van der Waals surface area (Å²) in [5, 5.41) is 14.3. The number of carbonyl (C=O) groups excluding carboxylic acids is 3. The highest BCUT2D eigenvalue weighted by Gasteiger charge is 2.29. The number of rotatable bonds is 5. The number of aliphatic hydroxyl groups is 1. The van der Waals surface area contributed by atoms with Gasteiger partial charge >= 0.3 is 17.8 Å². The van der Waals surface area contributed by atoms with Crippen LogP contribution in [-0.2, 0) is 27.2 Å². The van der Waals surface area contributed by atoms with Crippen molar-refractivity contribution in [1.82, 2.24) is 5.32 Å². The largest absolute Gasteiger partial charge is 0.465 e. The zero-order chi connectivity index (χ0) is 17.0. The number of anilines is 1. The van der Waals surface area contributed by atoms with Gasteiger partial charge in [-0.1, -0.05) is 6.92 Å². The van der Waals surface area contributed by atoms with Crippen LogP contribution in [0.15, 0.2) is 0 Å². The minimum absolute atomic E-state index is 0.240. The quantitative estimate of drug-likeness (QED) is 0.544. The summed E-state index contributed by atoms with van der Waals surface area (Å²) >= 11 is 1.31. The summed E-state index contributed by atoms with van der Waals surface area (Å²) < 4.78 is 4.78. The van der Waals surface area contributed by atoms with Crippen LogP contribution in [0.2, 0.25) is 0 Å². The van der Waals surface area contributed by atoms with Crippen molar-refractivity contribution in [2.75, 3.05) is 19.0 Å². The molecule has 1 aromatic rings. The Labute approximate surface area is 138 Å². The third-order valence-corrected chi connectivity index (χ3v) is 5.00. The number of esters is 1. The molecule has 0 aliphatic heterocycles. The molecule has 1 aliphatic carbocycles. The Balaban J connectivity index is 2.15. The summed E-state index contributed by atoms with van der Waals surface area (Å²) in [6.45, 7) is 1.55. The second-order valence-corrected chi connectivity index (χ2v) is 6.37. The lowest BCUT2D eigenvalue weighted by Crippen LogP contribution is -2.43. The number of amides is 2. The van der Waals surface area contributed by atoms with E-state index in [2.05, 4.69) is 10.6 Å². The normalized spacial score (nSPS) is 14.0. The number of aryl methyl sites for hydroxylation is 1. The van der Waals surface area contributed by atoms with E-state index in [1.54, 1.807) is 6.92 Å². The predicted molar refractivity (Wildman–Crippen MR) is 85.6 cm³/mol. The molecule has 7 nitrogen and oxygen atoms in total. The zero-order valence-corrected chi connectivity index (χ0v) is 13.9. The van der Waals surface area contributed by atoms with E-state index in [0.29, 0.717) is 17.0 Å². The van der Waals surface area contributed by atoms with Gasteiger partial charge in [-0.15, -0.1) is 11.3 Å². The Morgan fingerprint density at radius 2 is 2.04 bits per heavy atom. The highest BCUT2D eigenvalue weighted by atomic mass is 32.1. The molecule has 2 amide bonds. The van der Waals surface area contributed by atoms with Crippen molar-refractivity contribution in [3.8, 4) is 0 Å². The molecule has 1 unspecified atom stereocenters. The predicted octanol–water partition coefficient (Wildman–Crippen LogP) is 0.849. The first-order valence-corrected chi connectivity index (χ1v) is 8.29. The van der Waals surface area contributed by atoms with Crippen molar-refractivity contribution in [2.45, 2.75) is 38.6 Å². The van der Waals surface area contributed by atoms with Gasteiger partial charge in [-0.2, -0.15) is 0 Å². The summed E-state index contributed by atoms with van der Waals surface area (Å²) in [5.41, 5.74) is 1.25. The van der Waals surface area contributed by atoms with E-state index in [-0.39, 0.29) is 6.61 Å². The van der Waals surface area contributed by atoms with Crippen molar-refractivity contribution in [1.29, 1.82) is 0 Å². The van der Waals surface area contributed by atoms with Gasteiger partial charge in [0.25, 0.3) is 0 Å². The molecule has 3 N–H and O–H groups in total. The molecule has 1 heterocycles. The first-order valence-electron chi connectivity index (χ1n) is 7.47. The second kappa shape index (κ2) is 7.56. The van der Waals surface area contributed by atoms with Gasteiger partial charge < -0.3 is 20.5 Å². The number of methoxy groups -OCH3 is 1. The van der Waals surface area contributed by atoms with Crippen LogP contribution in [0.1, 0.15) is 40.6 Å². The SMILES string of the molecule is CCC(CO)NC(=O)C(=O)Nc1sc2c(c1C(=O)OC)CCC2. The van der Waals surface area contributed by atoms with E-state index in [1.807, 2.05) is 0 Å². The number of ether oxygens (including phenoxy) is 1. The molecule has 126 valence electrons. The molecule has 0 aromatic carbocycles. The summed E-state index contributed by atoms with van der Waals surface area (Å²) in [4.78, 5) is 36.9. The summed E-state index contributed by atoms with van der Waals surface area (Å²) in [5.74, 6) is -2.21. The smallest absolute Gasteiger partial charge is 0.341 e. The number of aliphatic hydroxyl groups excluding tert-OH is 1. The minimum atomic E-state index is -0.859. The number of thiophene rings is 1. The highest BCUT2D eigenvalue weighted by Crippen LogP contribution is 2.39. The van der Waals surface area contributed by atoms with E-state index in [9.17, 15) is 14.4 Å². The molecule has 0 saturated carbocycles. The molecule has 0 spiro atoms. The van der Waals surface area contributed by atoms with E-state index in [4.69, 9.17) is 9.84 Å². The summed E-state index contributed by atoms with van der Waals surface area (Å²) in [7, 11) is 1.28. The maximum absolute atomic E-state index is 12.0. The van der Waals surface area contributed by atoms with Gasteiger partial charge in [-0.05, 0) is 31.2 Å². The van der Waals surface area contributed by atoms with Crippen LogP contribution in [0.5, 0.6) is 0 Å². The topological polar surface area (TPSA) is 105 Å². The molecular weight excluding hydrogens is 320 g/mol. The van der Waals surface area contributed by atoms with Crippen LogP contribution in [0, 0.1) is 0 Å². The van der Waals surface area contributed by atoms with Crippen LogP contribution in [0.3, 0.4) is 0 Å². The van der Waals surface area contributed by atoms with E-state index < -0.39 is 23.8 Å².